The van der Waals surface area contributed by atoms with E-state index < -0.39 is 16.0 Å². The van der Waals surface area contributed by atoms with E-state index in [1.807, 2.05) is 0 Å². The van der Waals surface area contributed by atoms with E-state index in [2.05, 4.69) is 0 Å². The molecule has 0 aromatic carbocycles. The van der Waals surface area contributed by atoms with Crippen LogP contribution in [0.25, 0.3) is 0 Å². The van der Waals surface area contributed by atoms with Gasteiger partial charge in [0.15, 0.2) is 0 Å². The van der Waals surface area contributed by atoms with Crippen LogP contribution in [0.2, 0.25) is 0 Å². The summed E-state index contributed by atoms with van der Waals surface area (Å²) in [5, 5.41) is 10.3. The molecule has 0 spiro atoms. The third kappa shape index (κ3) is 4.04. The molecule has 1 aromatic heterocycles. The van der Waals surface area contributed by atoms with Gasteiger partial charge in [-0.1, -0.05) is 19.3 Å². The van der Waals surface area contributed by atoms with Crippen LogP contribution in [0.3, 0.4) is 0 Å². The van der Waals surface area contributed by atoms with Crippen LogP contribution in [0, 0.1) is 5.92 Å². The van der Waals surface area contributed by atoms with Gasteiger partial charge in [-0.05, 0) is 18.4 Å². The standard InChI is InChI=1S/C16H22N2O5S2/c19-14(5-4-12-2-1-3-12)17-6-8-18(9-7-17)25(22,23)15-10-13(11-24-15)16(20)21/h10-12H,1-9H2,(H,20,21). The van der Waals surface area contributed by atoms with Crippen LogP contribution < -0.4 is 0 Å². The molecule has 0 unspecified atom stereocenters. The Morgan fingerprint density at radius 1 is 1.20 bits per heavy atom. The Kier molecular flexibility index (Phi) is 5.45. The third-order valence-electron chi connectivity index (χ3n) is 5.00. The van der Waals surface area contributed by atoms with Crippen molar-refractivity contribution in [2.45, 2.75) is 36.3 Å². The topological polar surface area (TPSA) is 95.0 Å². The summed E-state index contributed by atoms with van der Waals surface area (Å²) in [7, 11) is -3.69. The van der Waals surface area contributed by atoms with Crippen LogP contribution in [0.5, 0.6) is 0 Å². The van der Waals surface area contributed by atoms with E-state index >= 15 is 0 Å². The first kappa shape index (κ1) is 18.3. The van der Waals surface area contributed by atoms with Gasteiger partial charge in [-0.3, -0.25) is 4.79 Å². The van der Waals surface area contributed by atoms with E-state index in [0.717, 1.165) is 17.8 Å². The Balaban J connectivity index is 1.55. The third-order valence-corrected chi connectivity index (χ3v) is 8.31. The highest BCUT2D eigenvalue weighted by atomic mass is 32.2. The molecule has 25 heavy (non-hydrogen) atoms. The minimum Gasteiger partial charge on any atom is -0.478 e. The molecule has 1 aromatic rings. The summed E-state index contributed by atoms with van der Waals surface area (Å²) in [6, 6.07) is 1.19. The van der Waals surface area contributed by atoms with Crippen molar-refractivity contribution in [3.05, 3.63) is 17.0 Å². The number of hydrogen-bond donors (Lipinski definition) is 1. The number of carbonyl (C=O) groups is 2. The largest absolute Gasteiger partial charge is 0.478 e. The predicted molar refractivity (Wildman–Crippen MR) is 93.2 cm³/mol. The molecular weight excluding hydrogens is 364 g/mol. The van der Waals surface area contributed by atoms with E-state index in [0.29, 0.717) is 25.4 Å². The number of thiophene rings is 1. The maximum absolute atomic E-state index is 12.6. The number of sulfonamides is 1. The number of nitrogens with zero attached hydrogens (tertiary/aromatic N) is 2. The SMILES string of the molecule is O=C(O)c1csc(S(=O)(=O)N2CCN(C(=O)CCC3CCC3)CC2)c1. The Morgan fingerprint density at radius 3 is 2.40 bits per heavy atom. The van der Waals surface area contributed by atoms with Crippen molar-refractivity contribution < 1.29 is 23.1 Å². The average Bonchev–Trinajstić information content (AvgIpc) is 3.04. The van der Waals surface area contributed by atoms with E-state index in [4.69, 9.17) is 5.11 Å². The monoisotopic (exact) mass is 386 g/mol. The van der Waals surface area contributed by atoms with Crippen LogP contribution in [0.1, 0.15) is 42.5 Å². The number of amides is 1. The first-order valence-corrected chi connectivity index (χ1v) is 10.8. The van der Waals surface area contributed by atoms with Crippen molar-refractivity contribution in [3.63, 3.8) is 0 Å². The molecule has 138 valence electrons. The fourth-order valence-electron chi connectivity index (χ4n) is 3.14. The van der Waals surface area contributed by atoms with Crippen LogP contribution >= 0.6 is 11.3 Å². The predicted octanol–water partition coefficient (Wildman–Crippen LogP) is 1.86. The summed E-state index contributed by atoms with van der Waals surface area (Å²) in [4.78, 5) is 24.9. The van der Waals surface area contributed by atoms with Gasteiger partial charge >= 0.3 is 5.97 Å². The summed E-state index contributed by atoms with van der Waals surface area (Å²) >= 11 is 0.915. The van der Waals surface area contributed by atoms with Crippen molar-refractivity contribution in [1.82, 2.24) is 9.21 Å². The van der Waals surface area contributed by atoms with Crippen molar-refractivity contribution in [2.75, 3.05) is 26.2 Å². The Morgan fingerprint density at radius 2 is 1.88 bits per heavy atom. The first-order valence-electron chi connectivity index (χ1n) is 8.47. The lowest BCUT2D eigenvalue weighted by Gasteiger charge is -2.34. The maximum Gasteiger partial charge on any atom is 0.336 e. The molecule has 2 aliphatic rings. The van der Waals surface area contributed by atoms with Crippen LogP contribution in [0.4, 0.5) is 0 Å². The normalized spacial score (nSPS) is 19.6. The molecule has 7 nitrogen and oxygen atoms in total. The van der Waals surface area contributed by atoms with Crippen molar-refractivity contribution in [3.8, 4) is 0 Å². The molecule has 1 saturated heterocycles. The van der Waals surface area contributed by atoms with Gasteiger partial charge in [-0.25, -0.2) is 13.2 Å². The van der Waals surface area contributed by atoms with Gasteiger partial charge in [0.2, 0.25) is 5.91 Å². The number of carboxylic acid groups (broad SMARTS) is 1. The summed E-state index contributed by atoms with van der Waals surface area (Å²) in [5.41, 5.74) is -0.0200. The number of aromatic carboxylic acids is 1. The van der Waals surface area contributed by atoms with Gasteiger partial charge in [0, 0.05) is 38.0 Å². The highest BCUT2D eigenvalue weighted by molar-refractivity contribution is 7.91. The second-order valence-electron chi connectivity index (χ2n) is 6.58. The van der Waals surface area contributed by atoms with Gasteiger partial charge in [0.1, 0.15) is 4.21 Å². The smallest absolute Gasteiger partial charge is 0.336 e. The zero-order valence-electron chi connectivity index (χ0n) is 13.9. The van der Waals surface area contributed by atoms with Gasteiger partial charge in [0.25, 0.3) is 10.0 Å². The second-order valence-corrected chi connectivity index (χ2v) is 9.66. The lowest BCUT2D eigenvalue weighted by atomic mass is 9.82. The fraction of sp³-hybridized carbons (Fsp3) is 0.625. The summed E-state index contributed by atoms with van der Waals surface area (Å²) in [6.07, 6.45) is 5.19. The average molecular weight is 386 g/mol. The Hall–Kier alpha value is -1.45. The molecule has 1 saturated carbocycles. The van der Waals surface area contributed by atoms with Crippen molar-refractivity contribution in [2.24, 2.45) is 5.92 Å². The summed E-state index contributed by atoms with van der Waals surface area (Å²) < 4.78 is 26.6. The lowest BCUT2D eigenvalue weighted by Crippen LogP contribution is -2.50. The number of hydrogen-bond acceptors (Lipinski definition) is 5. The summed E-state index contributed by atoms with van der Waals surface area (Å²) in [5.74, 6) is -0.347. The molecule has 0 radical (unpaired) electrons. The number of rotatable bonds is 6. The molecule has 9 heteroatoms. The van der Waals surface area contributed by atoms with E-state index in [1.54, 1.807) is 4.90 Å². The molecule has 1 aliphatic carbocycles. The highest BCUT2D eigenvalue weighted by Crippen LogP contribution is 2.31. The second kappa shape index (κ2) is 7.43. The van der Waals surface area contributed by atoms with Crippen LogP contribution in [-0.2, 0) is 14.8 Å². The van der Waals surface area contributed by atoms with Gasteiger partial charge in [-0.15, -0.1) is 11.3 Å². The number of carbonyl (C=O) groups excluding carboxylic acids is 1. The molecule has 0 bridgehead atoms. The molecule has 2 heterocycles. The molecule has 3 rings (SSSR count). The highest BCUT2D eigenvalue weighted by Gasteiger charge is 2.31. The van der Waals surface area contributed by atoms with Gasteiger partial charge in [-0.2, -0.15) is 4.31 Å². The Labute approximate surface area is 151 Å². The van der Waals surface area contributed by atoms with Gasteiger partial charge < -0.3 is 10.0 Å². The number of piperazine rings is 1. The molecular formula is C16H22N2O5S2. The molecule has 1 N–H and O–H groups in total. The van der Waals surface area contributed by atoms with Crippen LogP contribution in [-0.4, -0.2) is 60.8 Å². The van der Waals surface area contributed by atoms with E-state index in [1.165, 1.54) is 35.0 Å². The molecule has 1 amide bonds. The quantitative estimate of drug-likeness (QED) is 0.805. The first-order chi connectivity index (χ1) is 11.9. The molecule has 1 aliphatic heterocycles. The zero-order chi connectivity index (χ0) is 18.0. The van der Waals surface area contributed by atoms with E-state index in [-0.39, 0.29) is 28.8 Å². The van der Waals surface area contributed by atoms with E-state index in [9.17, 15) is 18.0 Å². The van der Waals surface area contributed by atoms with Crippen molar-refractivity contribution in [1.29, 1.82) is 0 Å². The minimum absolute atomic E-state index is 0.0200. The molecule has 2 fully saturated rings. The van der Waals surface area contributed by atoms with Crippen LogP contribution in [0.15, 0.2) is 15.7 Å². The minimum atomic E-state index is -3.69. The van der Waals surface area contributed by atoms with Crippen molar-refractivity contribution >= 4 is 33.2 Å². The zero-order valence-corrected chi connectivity index (χ0v) is 15.5. The fourth-order valence-corrected chi connectivity index (χ4v) is 5.86. The maximum atomic E-state index is 12.6. The lowest BCUT2D eigenvalue weighted by molar-refractivity contribution is -0.132. The number of carboxylic acids is 1. The Bertz CT molecular complexity index is 746. The summed E-state index contributed by atoms with van der Waals surface area (Å²) in [6.45, 7) is 1.27. The van der Waals surface area contributed by atoms with Gasteiger partial charge in [0.05, 0.1) is 5.56 Å². The molecule has 0 atom stereocenters.